The van der Waals surface area contributed by atoms with Crippen molar-refractivity contribution in [2.75, 3.05) is 11.5 Å². The first kappa shape index (κ1) is 17.9. The summed E-state index contributed by atoms with van der Waals surface area (Å²) in [6.07, 6.45) is 0.256. The molecule has 0 N–H and O–H groups in total. The van der Waals surface area contributed by atoms with Gasteiger partial charge in [0.1, 0.15) is 0 Å². The Hall–Kier alpha value is -1.93. The molecule has 0 amide bonds. The number of fused-ring (bicyclic) bond motifs is 1. The molecule has 3 rings (SSSR count). The van der Waals surface area contributed by atoms with Crippen LogP contribution in [-0.2, 0) is 19.9 Å². The molecular weight excluding hydrogens is 360 g/mol. The molecule has 0 radical (unpaired) electrons. The third-order valence-electron chi connectivity index (χ3n) is 4.08. The van der Waals surface area contributed by atoms with Gasteiger partial charge in [-0.25, -0.2) is 8.42 Å². The molecule has 2 aromatic carbocycles. The van der Waals surface area contributed by atoms with Crippen molar-refractivity contribution in [3.05, 3.63) is 42.5 Å². The van der Waals surface area contributed by atoms with E-state index in [1.807, 2.05) is 24.3 Å². The van der Waals surface area contributed by atoms with Gasteiger partial charge in [-0.2, -0.15) is 17.9 Å². The number of hydrogen-bond donors (Lipinski definition) is 0. The Morgan fingerprint density at radius 2 is 1.80 bits per heavy atom. The Morgan fingerprint density at radius 3 is 2.40 bits per heavy atom. The van der Waals surface area contributed by atoms with E-state index in [4.69, 9.17) is 0 Å². The van der Waals surface area contributed by atoms with Gasteiger partial charge in [-0.15, -0.1) is 0 Å². The van der Waals surface area contributed by atoms with E-state index in [1.54, 1.807) is 26.0 Å². The van der Waals surface area contributed by atoms with Crippen LogP contribution in [0.5, 0.6) is 0 Å². The lowest BCUT2D eigenvalue weighted by molar-refractivity contribution is 0.355. The zero-order valence-corrected chi connectivity index (χ0v) is 15.7. The lowest BCUT2D eigenvalue weighted by Crippen LogP contribution is -2.37. The molecule has 0 bridgehead atoms. The largest absolute Gasteiger partial charge is 0.279 e. The molecule has 0 aromatic heterocycles. The summed E-state index contributed by atoms with van der Waals surface area (Å²) in [6.45, 7) is 3.37. The Bertz CT molecular complexity index is 1040. The monoisotopic (exact) mass is 380 g/mol. The summed E-state index contributed by atoms with van der Waals surface area (Å²) in [6, 6.07) is 11.7. The van der Waals surface area contributed by atoms with Crippen molar-refractivity contribution in [1.82, 2.24) is 4.41 Å². The number of benzene rings is 2. The highest BCUT2D eigenvalue weighted by Crippen LogP contribution is 2.27. The van der Waals surface area contributed by atoms with E-state index in [0.29, 0.717) is 5.71 Å². The van der Waals surface area contributed by atoms with Crippen molar-refractivity contribution in [2.45, 2.75) is 31.2 Å². The van der Waals surface area contributed by atoms with Gasteiger partial charge in [0.2, 0.25) is 0 Å². The fraction of sp³-hybridized carbons (Fsp3) is 0.353. The first-order valence-corrected chi connectivity index (χ1v) is 11.2. The SMILES string of the molecule is CC(C)=NN([C@@H]1CCS(=O)(=O)C1)S(=O)(=O)c1ccc2ccccc2c1. The van der Waals surface area contributed by atoms with Crippen LogP contribution in [0.1, 0.15) is 20.3 Å². The molecule has 1 fully saturated rings. The topological polar surface area (TPSA) is 83.9 Å². The molecule has 134 valence electrons. The highest BCUT2D eigenvalue weighted by atomic mass is 32.2. The average molecular weight is 380 g/mol. The van der Waals surface area contributed by atoms with E-state index in [9.17, 15) is 16.8 Å². The molecule has 1 heterocycles. The lowest BCUT2D eigenvalue weighted by atomic mass is 10.1. The minimum atomic E-state index is -3.94. The Balaban J connectivity index is 2.08. The zero-order valence-electron chi connectivity index (χ0n) is 14.1. The van der Waals surface area contributed by atoms with Gasteiger partial charge in [0.15, 0.2) is 9.84 Å². The Morgan fingerprint density at radius 1 is 1.12 bits per heavy atom. The smallest absolute Gasteiger partial charge is 0.229 e. The molecule has 0 spiro atoms. The van der Waals surface area contributed by atoms with E-state index < -0.39 is 25.9 Å². The van der Waals surface area contributed by atoms with E-state index in [1.165, 1.54) is 6.07 Å². The maximum absolute atomic E-state index is 13.1. The van der Waals surface area contributed by atoms with E-state index in [0.717, 1.165) is 15.2 Å². The second kappa shape index (κ2) is 6.42. The van der Waals surface area contributed by atoms with Crippen molar-refractivity contribution in [3.8, 4) is 0 Å². The summed E-state index contributed by atoms with van der Waals surface area (Å²) in [5.74, 6) is -0.212. The predicted octanol–water partition coefficient (Wildman–Crippen LogP) is 2.41. The number of hydrazone groups is 1. The highest BCUT2D eigenvalue weighted by Gasteiger charge is 2.38. The quantitative estimate of drug-likeness (QED) is 0.602. The molecule has 0 saturated carbocycles. The number of nitrogens with zero attached hydrogens (tertiary/aromatic N) is 2. The van der Waals surface area contributed by atoms with Crippen molar-refractivity contribution in [3.63, 3.8) is 0 Å². The molecule has 0 aliphatic carbocycles. The molecule has 8 heteroatoms. The van der Waals surface area contributed by atoms with Crippen molar-refractivity contribution < 1.29 is 16.8 Å². The molecule has 1 saturated heterocycles. The highest BCUT2D eigenvalue weighted by molar-refractivity contribution is 7.92. The van der Waals surface area contributed by atoms with Crippen molar-refractivity contribution in [1.29, 1.82) is 0 Å². The third kappa shape index (κ3) is 3.69. The van der Waals surface area contributed by atoms with Crippen molar-refractivity contribution in [2.24, 2.45) is 5.10 Å². The van der Waals surface area contributed by atoms with E-state index >= 15 is 0 Å². The van der Waals surface area contributed by atoms with Gasteiger partial charge in [0.25, 0.3) is 10.0 Å². The zero-order chi connectivity index (χ0) is 18.2. The fourth-order valence-corrected chi connectivity index (χ4v) is 6.28. The standard InChI is InChI=1S/C17H20N2O4S2/c1-13(2)18-19(16-9-10-24(20,21)12-16)25(22,23)17-8-7-14-5-3-4-6-15(14)11-17/h3-8,11,16H,9-10,12H2,1-2H3/t16-/m1/s1. The summed E-state index contributed by atoms with van der Waals surface area (Å²) >= 11 is 0. The molecule has 1 aliphatic heterocycles. The van der Waals surface area contributed by atoms with Gasteiger partial charge in [0, 0.05) is 5.71 Å². The number of rotatable bonds is 4. The average Bonchev–Trinajstić information content (AvgIpc) is 2.91. The molecule has 1 atom stereocenters. The summed E-state index contributed by atoms with van der Waals surface area (Å²) < 4.78 is 50.8. The van der Waals surface area contributed by atoms with E-state index in [-0.39, 0.29) is 22.8 Å². The molecule has 25 heavy (non-hydrogen) atoms. The van der Waals surface area contributed by atoms with Gasteiger partial charge in [-0.05, 0) is 43.2 Å². The van der Waals surface area contributed by atoms with Crippen LogP contribution in [0, 0.1) is 0 Å². The number of sulfone groups is 1. The normalized spacial score (nSPS) is 19.7. The van der Waals surface area contributed by atoms with Crippen LogP contribution in [-0.4, -0.2) is 44.5 Å². The van der Waals surface area contributed by atoms with Crippen LogP contribution in [0.2, 0.25) is 0 Å². The van der Waals surface area contributed by atoms with E-state index in [2.05, 4.69) is 5.10 Å². The van der Waals surface area contributed by atoms with Crippen LogP contribution in [0.15, 0.2) is 52.5 Å². The van der Waals surface area contributed by atoms with Gasteiger partial charge in [-0.3, -0.25) is 0 Å². The van der Waals surface area contributed by atoms with Gasteiger partial charge in [-0.1, -0.05) is 30.3 Å². The van der Waals surface area contributed by atoms with Gasteiger partial charge >= 0.3 is 0 Å². The maximum atomic E-state index is 13.1. The number of hydrogen-bond acceptors (Lipinski definition) is 5. The molecule has 6 nitrogen and oxygen atoms in total. The Kier molecular flexibility index (Phi) is 4.59. The van der Waals surface area contributed by atoms with Gasteiger partial charge in [0.05, 0.1) is 22.4 Å². The molecule has 1 aliphatic rings. The second-order valence-electron chi connectivity index (χ2n) is 6.39. The van der Waals surface area contributed by atoms with Crippen LogP contribution >= 0.6 is 0 Å². The second-order valence-corrected chi connectivity index (χ2v) is 10.4. The van der Waals surface area contributed by atoms with Crippen molar-refractivity contribution >= 4 is 36.3 Å². The van der Waals surface area contributed by atoms with Crippen LogP contribution in [0.4, 0.5) is 0 Å². The van der Waals surface area contributed by atoms with Gasteiger partial charge < -0.3 is 0 Å². The summed E-state index contributed by atoms with van der Waals surface area (Å²) in [7, 11) is -7.17. The minimum Gasteiger partial charge on any atom is -0.229 e. The number of sulfonamides is 1. The minimum absolute atomic E-state index is 0.0142. The van der Waals surface area contributed by atoms with Crippen LogP contribution in [0.25, 0.3) is 10.8 Å². The lowest BCUT2D eigenvalue weighted by Gasteiger charge is -2.25. The first-order chi connectivity index (χ1) is 11.7. The van der Waals surface area contributed by atoms with Crippen LogP contribution in [0.3, 0.4) is 0 Å². The first-order valence-electron chi connectivity index (χ1n) is 7.94. The Labute approximate surface area is 148 Å². The summed E-state index contributed by atoms with van der Waals surface area (Å²) in [5, 5.41) is 5.89. The predicted molar refractivity (Wildman–Crippen MR) is 98.8 cm³/mol. The molecule has 2 aromatic rings. The summed E-state index contributed by atoms with van der Waals surface area (Å²) in [4.78, 5) is 0.112. The molecule has 0 unspecified atom stereocenters. The maximum Gasteiger partial charge on any atom is 0.279 e. The third-order valence-corrected chi connectivity index (χ3v) is 7.56. The van der Waals surface area contributed by atoms with Crippen LogP contribution < -0.4 is 0 Å². The summed E-state index contributed by atoms with van der Waals surface area (Å²) in [5.41, 5.74) is 0.550. The fourth-order valence-electron chi connectivity index (χ4n) is 2.91. The molecular formula is C17H20N2O4S2.